The van der Waals surface area contributed by atoms with Gasteiger partial charge in [0.15, 0.2) is 5.13 Å². The molecule has 3 rings (SSSR count). The summed E-state index contributed by atoms with van der Waals surface area (Å²) in [6, 6.07) is 12.5. The number of aromatic nitrogens is 1. The number of alkyl halides is 2. The van der Waals surface area contributed by atoms with E-state index in [4.69, 9.17) is 4.74 Å². The smallest absolute Gasteiger partial charge is 0.387 e. The minimum atomic E-state index is -2.89. The molecule has 7 nitrogen and oxygen atoms in total. The van der Waals surface area contributed by atoms with Crippen LogP contribution in [0.2, 0.25) is 0 Å². The van der Waals surface area contributed by atoms with Gasteiger partial charge in [-0.15, -0.1) is 11.3 Å². The number of nitrogens with one attached hydrogen (secondary N) is 2. The number of anilines is 1. The number of aryl methyl sites for hydroxylation is 1. The van der Waals surface area contributed by atoms with Gasteiger partial charge in [0.25, 0.3) is 0 Å². The number of rotatable bonds is 9. The number of ether oxygens (including phenoxy) is 2. The van der Waals surface area contributed by atoms with Gasteiger partial charge < -0.3 is 20.1 Å². The lowest BCUT2D eigenvalue weighted by molar-refractivity contribution is -0.123. The van der Waals surface area contributed by atoms with Crippen LogP contribution in [0, 0.1) is 6.92 Å². The third kappa shape index (κ3) is 6.85. The van der Waals surface area contributed by atoms with Crippen molar-refractivity contribution in [3.8, 4) is 22.8 Å². The highest BCUT2D eigenvalue weighted by Gasteiger charge is 2.18. The van der Waals surface area contributed by atoms with Crippen LogP contribution in [0.1, 0.15) is 17.4 Å². The van der Waals surface area contributed by atoms with Gasteiger partial charge in [0, 0.05) is 16.5 Å². The lowest BCUT2D eigenvalue weighted by atomic mass is 10.1. The predicted octanol–water partition coefficient (Wildman–Crippen LogP) is 4.89. The van der Waals surface area contributed by atoms with E-state index in [1.807, 2.05) is 6.92 Å². The Bertz CT molecular complexity index is 1160. The van der Waals surface area contributed by atoms with Crippen LogP contribution in [0.15, 0.2) is 54.6 Å². The summed E-state index contributed by atoms with van der Waals surface area (Å²) in [6.45, 7) is 0.507. The molecular formula is C24H23F2N3O4S. The van der Waals surface area contributed by atoms with Gasteiger partial charge in [-0.05, 0) is 61.9 Å². The second-order valence-corrected chi connectivity index (χ2v) is 8.36. The van der Waals surface area contributed by atoms with Crippen LogP contribution < -0.4 is 20.1 Å². The second-order valence-electron chi connectivity index (χ2n) is 7.15. The first-order chi connectivity index (χ1) is 16.2. The maximum Gasteiger partial charge on any atom is 0.387 e. The van der Waals surface area contributed by atoms with Crippen molar-refractivity contribution in [3.63, 3.8) is 0 Å². The third-order valence-corrected chi connectivity index (χ3v) is 5.56. The summed E-state index contributed by atoms with van der Waals surface area (Å²) < 4.78 is 34.1. The number of nitrogens with zero attached hydrogens (tertiary/aromatic N) is 1. The first-order valence-corrected chi connectivity index (χ1v) is 11.0. The minimum absolute atomic E-state index is 0.0470. The largest absolute Gasteiger partial charge is 0.497 e. The van der Waals surface area contributed by atoms with Gasteiger partial charge in [-0.1, -0.05) is 12.1 Å². The number of carbonyl (C=O) groups excluding carboxylic acids is 2. The normalized spacial score (nSPS) is 11.9. The zero-order valence-corrected chi connectivity index (χ0v) is 19.5. The molecular weight excluding hydrogens is 464 g/mol. The first kappa shape index (κ1) is 24.8. The van der Waals surface area contributed by atoms with Crippen molar-refractivity contribution >= 4 is 34.4 Å². The van der Waals surface area contributed by atoms with Crippen LogP contribution in [0.5, 0.6) is 11.5 Å². The Kier molecular flexibility index (Phi) is 8.31. The molecule has 0 bridgehead atoms. The molecule has 0 radical (unpaired) electrons. The molecule has 0 fully saturated rings. The van der Waals surface area contributed by atoms with Crippen LogP contribution in [0.3, 0.4) is 0 Å². The zero-order chi connectivity index (χ0) is 24.7. The monoisotopic (exact) mass is 487 g/mol. The summed E-state index contributed by atoms with van der Waals surface area (Å²) in [5.74, 6) is -0.0798. The molecule has 1 unspecified atom stereocenters. The average Bonchev–Trinajstić information content (AvgIpc) is 3.17. The fraction of sp³-hybridized carbons (Fsp3) is 0.208. The first-order valence-electron chi connectivity index (χ1n) is 10.2. The van der Waals surface area contributed by atoms with Gasteiger partial charge >= 0.3 is 6.61 Å². The third-order valence-electron chi connectivity index (χ3n) is 4.67. The van der Waals surface area contributed by atoms with Crippen molar-refractivity contribution in [1.82, 2.24) is 10.3 Å². The van der Waals surface area contributed by atoms with E-state index in [1.165, 1.54) is 29.5 Å². The van der Waals surface area contributed by atoms with E-state index in [9.17, 15) is 18.4 Å². The molecule has 2 aromatic carbocycles. The number of carbonyl (C=O) groups is 2. The van der Waals surface area contributed by atoms with E-state index in [0.29, 0.717) is 22.1 Å². The molecule has 0 aliphatic carbocycles. The maximum absolute atomic E-state index is 12.5. The Morgan fingerprint density at radius 3 is 2.32 bits per heavy atom. The molecule has 3 aromatic rings. The summed E-state index contributed by atoms with van der Waals surface area (Å²) in [5.41, 5.74) is 2.12. The minimum Gasteiger partial charge on any atom is -0.497 e. The standard InChI is InChI=1S/C24H23F2N3O4S/c1-14(27-20(30)13-6-16-4-9-18(32-3)10-5-16)22(31)29-24-28-21(15(2)34-24)17-7-11-19(12-8-17)33-23(25)26/h4-14,23H,1-3H3,(H,27,30)(H,28,29,31)/b13-6+. The molecule has 2 N–H and O–H groups in total. The van der Waals surface area contributed by atoms with Crippen LogP contribution in [-0.2, 0) is 9.59 Å². The maximum atomic E-state index is 12.5. The SMILES string of the molecule is COc1ccc(/C=C/C(=O)NC(C)C(=O)Nc2nc(-c3ccc(OC(F)F)cc3)c(C)s2)cc1. The Balaban J connectivity index is 1.57. The van der Waals surface area contributed by atoms with Crippen LogP contribution in [0.4, 0.5) is 13.9 Å². The summed E-state index contributed by atoms with van der Waals surface area (Å²) in [5, 5.41) is 5.66. The second kappa shape index (κ2) is 11.4. The number of methoxy groups -OCH3 is 1. The van der Waals surface area contributed by atoms with Gasteiger partial charge in [0.2, 0.25) is 11.8 Å². The number of amides is 2. The van der Waals surface area contributed by atoms with Gasteiger partial charge in [-0.2, -0.15) is 8.78 Å². The van der Waals surface area contributed by atoms with Crippen molar-refractivity contribution in [2.75, 3.05) is 12.4 Å². The number of halogens is 2. The molecule has 2 amide bonds. The number of hydrogen-bond acceptors (Lipinski definition) is 6. The highest BCUT2D eigenvalue weighted by Crippen LogP contribution is 2.31. The van der Waals surface area contributed by atoms with Crippen molar-refractivity contribution in [2.24, 2.45) is 0 Å². The van der Waals surface area contributed by atoms with Crippen LogP contribution >= 0.6 is 11.3 Å². The van der Waals surface area contributed by atoms with Crippen molar-refractivity contribution in [1.29, 1.82) is 0 Å². The highest BCUT2D eigenvalue weighted by atomic mass is 32.1. The number of hydrogen-bond donors (Lipinski definition) is 2. The molecule has 1 atom stereocenters. The van der Waals surface area contributed by atoms with Crippen LogP contribution in [-0.4, -0.2) is 36.6 Å². The molecule has 178 valence electrons. The van der Waals surface area contributed by atoms with Crippen molar-refractivity contribution < 1.29 is 27.8 Å². The Hall–Kier alpha value is -3.79. The van der Waals surface area contributed by atoms with E-state index in [2.05, 4.69) is 20.4 Å². The topological polar surface area (TPSA) is 89.5 Å². The Labute approximate surface area is 199 Å². The van der Waals surface area contributed by atoms with Crippen molar-refractivity contribution in [3.05, 3.63) is 65.0 Å². The van der Waals surface area contributed by atoms with Gasteiger partial charge in [-0.25, -0.2) is 4.98 Å². The lowest BCUT2D eigenvalue weighted by Gasteiger charge is -2.11. The molecule has 0 aliphatic rings. The van der Waals surface area contributed by atoms with Gasteiger partial charge in [-0.3, -0.25) is 9.59 Å². The predicted molar refractivity (Wildman–Crippen MR) is 127 cm³/mol. The van der Waals surface area contributed by atoms with E-state index in [-0.39, 0.29) is 5.75 Å². The molecule has 1 heterocycles. The van der Waals surface area contributed by atoms with Gasteiger partial charge in [0.1, 0.15) is 17.5 Å². The molecule has 34 heavy (non-hydrogen) atoms. The van der Waals surface area contributed by atoms with E-state index >= 15 is 0 Å². The quantitative estimate of drug-likeness (QED) is 0.420. The summed E-state index contributed by atoms with van der Waals surface area (Å²) in [7, 11) is 1.57. The summed E-state index contributed by atoms with van der Waals surface area (Å²) in [6.07, 6.45) is 2.98. The summed E-state index contributed by atoms with van der Waals surface area (Å²) >= 11 is 1.27. The number of benzene rings is 2. The molecule has 0 saturated heterocycles. The number of thiazole rings is 1. The van der Waals surface area contributed by atoms with Gasteiger partial charge in [0.05, 0.1) is 12.8 Å². The molecule has 1 aromatic heterocycles. The van der Waals surface area contributed by atoms with E-state index in [0.717, 1.165) is 10.4 Å². The summed E-state index contributed by atoms with van der Waals surface area (Å²) in [4.78, 5) is 29.9. The van der Waals surface area contributed by atoms with Crippen LogP contribution in [0.25, 0.3) is 17.3 Å². The van der Waals surface area contributed by atoms with E-state index in [1.54, 1.807) is 56.5 Å². The Morgan fingerprint density at radius 1 is 1.06 bits per heavy atom. The molecule has 0 saturated carbocycles. The average molecular weight is 488 g/mol. The van der Waals surface area contributed by atoms with Crippen molar-refractivity contribution in [2.45, 2.75) is 26.5 Å². The fourth-order valence-electron chi connectivity index (χ4n) is 2.94. The lowest BCUT2D eigenvalue weighted by Crippen LogP contribution is -2.40. The molecule has 0 spiro atoms. The molecule has 0 aliphatic heterocycles. The fourth-order valence-corrected chi connectivity index (χ4v) is 3.78. The Morgan fingerprint density at radius 2 is 1.71 bits per heavy atom. The zero-order valence-electron chi connectivity index (χ0n) is 18.7. The molecule has 10 heteroatoms. The van der Waals surface area contributed by atoms with E-state index < -0.39 is 24.5 Å². The highest BCUT2D eigenvalue weighted by molar-refractivity contribution is 7.16.